The molecular formula is C13H20FNO. The first-order valence-electron chi connectivity index (χ1n) is 5.73. The molecule has 1 unspecified atom stereocenters. The molecule has 3 heteroatoms. The number of benzene rings is 1. The van der Waals surface area contributed by atoms with Crippen molar-refractivity contribution >= 4 is 5.69 Å². The van der Waals surface area contributed by atoms with E-state index in [1.165, 1.54) is 18.2 Å². The van der Waals surface area contributed by atoms with Gasteiger partial charge < -0.3 is 10.8 Å². The summed E-state index contributed by atoms with van der Waals surface area (Å²) in [5.74, 6) is 0.268. The zero-order chi connectivity index (χ0) is 12.1. The zero-order valence-electron chi connectivity index (χ0n) is 9.91. The minimum atomic E-state index is -0.658. The van der Waals surface area contributed by atoms with Crippen LogP contribution in [0.3, 0.4) is 0 Å². The van der Waals surface area contributed by atoms with Gasteiger partial charge in [0.15, 0.2) is 0 Å². The Balaban J connectivity index is 2.58. The van der Waals surface area contributed by atoms with E-state index in [1.807, 2.05) is 0 Å². The lowest BCUT2D eigenvalue weighted by atomic mass is 9.99. The minimum Gasteiger partial charge on any atom is -0.398 e. The van der Waals surface area contributed by atoms with Gasteiger partial charge in [-0.2, -0.15) is 0 Å². The maximum absolute atomic E-state index is 13.0. The van der Waals surface area contributed by atoms with Crippen LogP contribution >= 0.6 is 0 Å². The van der Waals surface area contributed by atoms with Crippen molar-refractivity contribution in [2.24, 2.45) is 5.92 Å². The van der Waals surface area contributed by atoms with E-state index in [0.29, 0.717) is 23.6 Å². The molecule has 1 aromatic rings. The molecule has 1 atom stereocenters. The van der Waals surface area contributed by atoms with E-state index in [2.05, 4.69) is 13.8 Å². The fourth-order valence-electron chi connectivity index (χ4n) is 1.71. The largest absolute Gasteiger partial charge is 0.398 e. The third-order valence-corrected chi connectivity index (χ3v) is 2.67. The number of aliphatic hydroxyl groups is 1. The van der Waals surface area contributed by atoms with Crippen molar-refractivity contribution in [3.05, 3.63) is 29.6 Å². The summed E-state index contributed by atoms with van der Waals surface area (Å²) in [5.41, 5.74) is 6.66. The summed E-state index contributed by atoms with van der Waals surface area (Å²) in [5, 5.41) is 9.89. The van der Waals surface area contributed by atoms with Crippen LogP contribution < -0.4 is 5.73 Å². The maximum atomic E-state index is 13.0. The van der Waals surface area contributed by atoms with E-state index in [4.69, 9.17) is 5.73 Å². The Morgan fingerprint density at radius 3 is 2.62 bits per heavy atom. The highest BCUT2D eigenvalue weighted by Gasteiger charge is 2.12. The number of aliphatic hydroxyl groups excluding tert-OH is 1. The molecular weight excluding hydrogens is 205 g/mol. The summed E-state index contributed by atoms with van der Waals surface area (Å²) in [4.78, 5) is 0. The van der Waals surface area contributed by atoms with E-state index < -0.39 is 6.10 Å². The van der Waals surface area contributed by atoms with Crippen LogP contribution in [0.25, 0.3) is 0 Å². The molecule has 2 nitrogen and oxygen atoms in total. The summed E-state index contributed by atoms with van der Waals surface area (Å²) in [6, 6.07) is 4.12. The molecule has 0 aliphatic rings. The second kappa shape index (κ2) is 5.85. The van der Waals surface area contributed by atoms with Gasteiger partial charge in [-0.15, -0.1) is 0 Å². The minimum absolute atomic E-state index is 0.355. The molecule has 0 fully saturated rings. The summed E-state index contributed by atoms with van der Waals surface area (Å²) in [6.07, 6.45) is 1.96. The van der Waals surface area contributed by atoms with Gasteiger partial charge in [0.25, 0.3) is 0 Å². The molecule has 0 saturated heterocycles. The second-order valence-electron chi connectivity index (χ2n) is 4.61. The van der Waals surface area contributed by atoms with Gasteiger partial charge in [-0.1, -0.05) is 26.7 Å². The van der Waals surface area contributed by atoms with Crippen LogP contribution in [-0.4, -0.2) is 5.11 Å². The van der Waals surface area contributed by atoms with Gasteiger partial charge in [-0.25, -0.2) is 4.39 Å². The van der Waals surface area contributed by atoms with Crippen LogP contribution in [0.15, 0.2) is 18.2 Å². The van der Waals surface area contributed by atoms with E-state index >= 15 is 0 Å². The van der Waals surface area contributed by atoms with Crippen molar-refractivity contribution in [3.8, 4) is 0 Å². The van der Waals surface area contributed by atoms with Crippen molar-refractivity contribution in [3.63, 3.8) is 0 Å². The molecule has 0 aliphatic carbocycles. The summed E-state index contributed by atoms with van der Waals surface area (Å²) in [7, 11) is 0. The normalized spacial score (nSPS) is 13.1. The number of hydrogen-bond acceptors (Lipinski definition) is 2. The van der Waals surface area contributed by atoms with Crippen LogP contribution in [0, 0.1) is 11.7 Å². The molecule has 16 heavy (non-hydrogen) atoms. The molecule has 90 valence electrons. The predicted octanol–water partition coefficient (Wildman–Crippen LogP) is 3.27. The fourth-order valence-corrected chi connectivity index (χ4v) is 1.71. The Morgan fingerprint density at radius 1 is 1.31 bits per heavy atom. The average molecular weight is 225 g/mol. The second-order valence-corrected chi connectivity index (χ2v) is 4.61. The van der Waals surface area contributed by atoms with E-state index in [-0.39, 0.29) is 5.82 Å². The molecule has 0 aliphatic heterocycles. The monoisotopic (exact) mass is 225 g/mol. The lowest BCUT2D eigenvalue weighted by molar-refractivity contribution is 0.162. The van der Waals surface area contributed by atoms with Gasteiger partial charge in [0.1, 0.15) is 5.82 Å². The van der Waals surface area contributed by atoms with Crippen LogP contribution in [0.2, 0.25) is 0 Å². The highest BCUT2D eigenvalue weighted by Crippen LogP contribution is 2.26. The first kappa shape index (κ1) is 13.0. The number of anilines is 1. The number of hydrogen-bond donors (Lipinski definition) is 2. The Morgan fingerprint density at radius 2 is 2.00 bits per heavy atom. The number of nitrogen functional groups attached to an aromatic ring is 1. The van der Waals surface area contributed by atoms with Crippen LogP contribution in [0.5, 0.6) is 0 Å². The van der Waals surface area contributed by atoms with Gasteiger partial charge >= 0.3 is 0 Å². The van der Waals surface area contributed by atoms with E-state index in [9.17, 15) is 9.50 Å². The molecule has 0 aromatic heterocycles. The van der Waals surface area contributed by atoms with Gasteiger partial charge in [-0.05, 0) is 30.5 Å². The van der Waals surface area contributed by atoms with Crippen LogP contribution in [-0.2, 0) is 0 Å². The van der Waals surface area contributed by atoms with Gasteiger partial charge in [0, 0.05) is 11.3 Å². The number of rotatable bonds is 5. The summed E-state index contributed by atoms with van der Waals surface area (Å²) >= 11 is 0. The van der Waals surface area contributed by atoms with Crippen molar-refractivity contribution in [2.75, 3.05) is 5.73 Å². The maximum Gasteiger partial charge on any atom is 0.123 e. The Labute approximate surface area is 96.3 Å². The van der Waals surface area contributed by atoms with Gasteiger partial charge in [0.05, 0.1) is 6.10 Å². The van der Waals surface area contributed by atoms with Gasteiger partial charge in [-0.3, -0.25) is 0 Å². The molecule has 0 saturated carbocycles. The average Bonchev–Trinajstić information content (AvgIpc) is 2.21. The molecule has 1 rings (SSSR count). The molecule has 1 aromatic carbocycles. The SMILES string of the molecule is CC(C)CCCC(O)c1cc(F)ccc1N. The lowest BCUT2D eigenvalue weighted by Crippen LogP contribution is -2.03. The first-order chi connectivity index (χ1) is 7.50. The van der Waals surface area contributed by atoms with Crippen molar-refractivity contribution < 1.29 is 9.50 Å². The highest BCUT2D eigenvalue weighted by atomic mass is 19.1. The molecule has 0 bridgehead atoms. The molecule has 0 spiro atoms. The first-order valence-corrected chi connectivity index (χ1v) is 5.73. The van der Waals surface area contributed by atoms with Crippen LogP contribution in [0.1, 0.15) is 44.8 Å². The third kappa shape index (κ3) is 3.81. The van der Waals surface area contributed by atoms with Crippen LogP contribution in [0.4, 0.5) is 10.1 Å². The lowest BCUT2D eigenvalue weighted by Gasteiger charge is -2.14. The smallest absolute Gasteiger partial charge is 0.123 e. The molecule has 0 radical (unpaired) electrons. The summed E-state index contributed by atoms with van der Waals surface area (Å²) in [6.45, 7) is 4.28. The Bertz CT molecular complexity index is 339. The fraction of sp³-hybridized carbons (Fsp3) is 0.538. The predicted molar refractivity (Wildman–Crippen MR) is 64.5 cm³/mol. The Kier molecular flexibility index (Phi) is 4.74. The third-order valence-electron chi connectivity index (χ3n) is 2.67. The number of halogens is 1. The quantitative estimate of drug-likeness (QED) is 0.755. The van der Waals surface area contributed by atoms with Crippen molar-refractivity contribution in [2.45, 2.75) is 39.2 Å². The number of nitrogens with two attached hydrogens (primary N) is 1. The topological polar surface area (TPSA) is 46.2 Å². The van der Waals surface area contributed by atoms with Crippen molar-refractivity contribution in [1.82, 2.24) is 0 Å². The molecule has 3 N–H and O–H groups in total. The molecule has 0 amide bonds. The van der Waals surface area contributed by atoms with Crippen molar-refractivity contribution in [1.29, 1.82) is 0 Å². The summed E-state index contributed by atoms with van der Waals surface area (Å²) < 4.78 is 13.0. The van der Waals surface area contributed by atoms with Gasteiger partial charge in [0.2, 0.25) is 0 Å². The standard InChI is InChI=1S/C13H20FNO/c1-9(2)4-3-5-13(16)11-8-10(14)6-7-12(11)15/h6-9,13,16H,3-5,15H2,1-2H3. The Hall–Kier alpha value is -1.09. The van der Waals surface area contributed by atoms with E-state index in [1.54, 1.807) is 0 Å². The zero-order valence-corrected chi connectivity index (χ0v) is 9.91. The van der Waals surface area contributed by atoms with E-state index in [0.717, 1.165) is 12.8 Å². The molecule has 0 heterocycles. The highest BCUT2D eigenvalue weighted by molar-refractivity contribution is 5.47.